The largest absolute Gasteiger partial charge is 0.337 e. The molecule has 2 amide bonds. The van der Waals surface area contributed by atoms with Gasteiger partial charge in [-0.1, -0.05) is 19.1 Å². The summed E-state index contributed by atoms with van der Waals surface area (Å²) in [7, 11) is 0. The summed E-state index contributed by atoms with van der Waals surface area (Å²) in [6.07, 6.45) is 1.75. The molecule has 0 saturated carbocycles. The van der Waals surface area contributed by atoms with E-state index >= 15 is 0 Å². The molecule has 110 valence electrons. The third-order valence-electron chi connectivity index (χ3n) is 2.97. The van der Waals surface area contributed by atoms with Crippen LogP contribution in [-0.2, 0) is 0 Å². The molecular weight excluding hydrogens is 286 g/mol. The second-order valence-corrected chi connectivity index (χ2v) is 5.67. The number of Topliss-reactive ketones (excluding diaryl/α,β-unsaturated/α-hetero) is 1. The quantitative estimate of drug-likeness (QED) is 0.833. The molecule has 5 nitrogen and oxygen atoms in total. The van der Waals surface area contributed by atoms with Gasteiger partial charge in [0.1, 0.15) is 0 Å². The maximum atomic E-state index is 11.8. The Morgan fingerprint density at radius 2 is 2.19 bits per heavy atom. The van der Waals surface area contributed by atoms with Crippen molar-refractivity contribution >= 4 is 28.8 Å². The van der Waals surface area contributed by atoms with Gasteiger partial charge < -0.3 is 10.6 Å². The van der Waals surface area contributed by atoms with Crippen molar-refractivity contribution in [1.29, 1.82) is 0 Å². The molecule has 0 bridgehead atoms. The van der Waals surface area contributed by atoms with E-state index in [2.05, 4.69) is 15.6 Å². The van der Waals surface area contributed by atoms with Crippen molar-refractivity contribution < 1.29 is 9.59 Å². The van der Waals surface area contributed by atoms with E-state index in [9.17, 15) is 9.59 Å². The van der Waals surface area contributed by atoms with Crippen LogP contribution in [0.15, 0.2) is 35.8 Å². The zero-order chi connectivity index (χ0) is 15.2. The molecule has 1 unspecified atom stereocenters. The maximum absolute atomic E-state index is 11.8. The Hall–Kier alpha value is -2.21. The SMILES string of the molecule is CC(=O)c1cccc(NC(=O)NCC(C)c2nccs2)c1. The standard InChI is InChI=1S/C15H17N3O2S/c1-10(14-16-6-7-21-14)9-17-15(20)18-13-5-3-4-12(8-13)11(2)19/h3-8,10H,9H2,1-2H3,(H2,17,18,20). The Morgan fingerprint density at radius 3 is 2.86 bits per heavy atom. The zero-order valence-electron chi connectivity index (χ0n) is 11.9. The van der Waals surface area contributed by atoms with Crippen LogP contribution in [0.3, 0.4) is 0 Å². The van der Waals surface area contributed by atoms with E-state index in [1.807, 2.05) is 12.3 Å². The average molecular weight is 303 g/mol. The van der Waals surface area contributed by atoms with E-state index in [-0.39, 0.29) is 17.7 Å². The van der Waals surface area contributed by atoms with Gasteiger partial charge in [-0.05, 0) is 19.1 Å². The van der Waals surface area contributed by atoms with Crippen LogP contribution in [-0.4, -0.2) is 23.3 Å². The predicted octanol–water partition coefficient (Wildman–Crippen LogP) is 3.27. The lowest BCUT2D eigenvalue weighted by atomic mass is 10.1. The lowest BCUT2D eigenvalue weighted by Crippen LogP contribution is -2.31. The Bertz CT molecular complexity index is 626. The van der Waals surface area contributed by atoms with Crippen molar-refractivity contribution in [2.24, 2.45) is 0 Å². The van der Waals surface area contributed by atoms with Crippen LogP contribution < -0.4 is 10.6 Å². The second kappa shape index (κ2) is 6.99. The number of aromatic nitrogens is 1. The third-order valence-corrected chi connectivity index (χ3v) is 3.98. The van der Waals surface area contributed by atoms with Crippen molar-refractivity contribution in [3.05, 3.63) is 46.4 Å². The number of thiazole rings is 1. The molecule has 0 radical (unpaired) electrons. The highest BCUT2D eigenvalue weighted by molar-refractivity contribution is 7.09. The van der Waals surface area contributed by atoms with Gasteiger partial charge in [-0.15, -0.1) is 11.3 Å². The van der Waals surface area contributed by atoms with Gasteiger partial charge in [-0.3, -0.25) is 4.79 Å². The van der Waals surface area contributed by atoms with Crippen LogP contribution in [0.2, 0.25) is 0 Å². The van der Waals surface area contributed by atoms with Crippen molar-refractivity contribution in [1.82, 2.24) is 10.3 Å². The number of benzene rings is 1. The van der Waals surface area contributed by atoms with E-state index < -0.39 is 0 Å². The fourth-order valence-electron chi connectivity index (χ4n) is 1.80. The normalized spacial score (nSPS) is 11.7. The van der Waals surface area contributed by atoms with Gasteiger partial charge in [-0.2, -0.15) is 0 Å². The summed E-state index contributed by atoms with van der Waals surface area (Å²) in [4.78, 5) is 27.4. The molecule has 21 heavy (non-hydrogen) atoms. The third kappa shape index (κ3) is 4.39. The van der Waals surface area contributed by atoms with E-state index in [1.54, 1.807) is 41.8 Å². The van der Waals surface area contributed by atoms with Crippen molar-refractivity contribution in [2.75, 3.05) is 11.9 Å². The van der Waals surface area contributed by atoms with Crippen molar-refractivity contribution in [2.45, 2.75) is 19.8 Å². The van der Waals surface area contributed by atoms with E-state index in [1.165, 1.54) is 6.92 Å². The average Bonchev–Trinajstić information content (AvgIpc) is 2.99. The minimum absolute atomic E-state index is 0.0311. The van der Waals surface area contributed by atoms with Crippen LogP contribution >= 0.6 is 11.3 Å². The number of hydrogen-bond donors (Lipinski definition) is 2. The number of nitrogens with one attached hydrogen (secondary N) is 2. The lowest BCUT2D eigenvalue weighted by molar-refractivity contribution is 0.101. The fourth-order valence-corrected chi connectivity index (χ4v) is 2.50. The molecule has 2 aromatic rings. The molecule has 1 heterocycles. The highest BCUT2D eigenvalue weighted by Gasteiger charge is 2.10. The summed E-state index contributed by atoms with van der Waals surface area (Å²) in [6, 6.07) is 6.57. The first-order valence-corrected chi connectivity index (χ1v) is 7.49. The number of ketones is 1. The summed E-state index contributed by atoms with van der Waals surface area (Å²) in [5, 5.41) is 8.43. The number of rotatable bonds is 5. The number of anilines is 1. The first kappa shape index (κ1) is 15.2. The molecular formula is C15H17N3O2S. The maximum Gasteiger partial charge on any atom is 0.319 e. The number of carbonyl (C=O) groups is 2. The number of urea groups is 1. The first-order chi connectivity index (χ1) is 10.1. The fraction of sp³-hybridized carbons (Fsp3) is 0.267. The molecule has 0 aliphatic heterocycles. The smallest absolute Gasteiger partial charge is 0.319 e. The van der Waals surface area contributed by atoms with Gasteiger partial charge in [0, 0.05) is 35.3 Å². The molecule has 6 heteroatoms. The second-order valence-electron chi connectivity index (χ2n) is 4.74. The molecule has 1 atom stereocenters. The van der Waals surface area contributed by atoms with Gasteiger partial charge in [0.25, 0.3) is 0 Å². The summed E-state index contributed by atoms with van der Waals surface area (Å²) in [6.45, 7) is 4.01. The predicted molar refractivity (Wildman–Crippen MR) is 84.0 cm³/mol. The molecule has 1 aromatic heterocycles. The summed E-state index contributed by atoms with van der Waals surface area (Å²) >= 11 is 1.57. The van der Waals surface area contributed by atoms with Crippen molar-refractivity contribution in [3.63, 3.8) is 0 Å². The topological polar surface area (TPSA) is 71.1 Å². The molecule has 0 saturated heterocycles. The molecule has 2 N–H and O–H groups in total. The van der Waals surface area contributed by atoms with E-state index in [0.29, 0.717) is 17.8 Å². The lowest BCUT2D eigenvalue weighted by Gasteiger charge is -2.11. The molecule has 1 aromatic carbocycles. The van der Waals surface area contributed by atoms with Crippen molar-refractivity contribution in [3.8, 4) is 0 Å². The highest BCUT2D eigenvalue weighted by Crippen LogP contribution is 2.16. The number of carbonyl (C=O) groups excluding carboxylic acids is 2. The molecule has 0 aliphatic carbocycles. The molecule has 0 fully saturated rings. The number of amides is 2. The first-order valence-electron chi connectivity index (χ1n) is 6.61. The zero-order valence-corrected chi connectivity index (χ0v) is 12.7. The molecule has 0 spiro atoms. The Morgan fingerprint density at radius 1 is 1.38 bits per heavy atom. The van der Waals surface area contributed by atoms with Gasteiger partial charge in [0.15, 0.2) is 5.78 Å². The van der Waals surface area contributed by atoms with E-state index in [0.717, 1.165) is 5.01 Å². The summed E-state index contributed by atoms with van der Waals surface area (Å²) in [5.41, 5.74) is 1.17. The number of hydrogen-bond acceptors (Lipinski definition) is 4. The van der Waals surface area contributed by atoms with Gasteiger partial charge in [-0.25, -0.2) is 9.78 Å². The van der Waals surface area contributed by atoms with E-state index in [4.69, 9.17) is 0 Å². The van der Waals surface area contributed by atoms with Crippen LogP contribution in [0.25, 0.3) is 0 Å². The summed E-state index contributed by atoms with van der Waals surface area (Å²) in [5.74, 6) is 0.135. The van der Waals surface area contributed by atoms with Crippen LogP contribution in [0.4, 0.5) is 10.5 Å². The molecule has 0 aliphatic rings. The molecule has 2 rings (SSSR count). The monoisotopic (exact) mass is 303 g/mol. The highest BCUT2D eigenvalue weighted by atomic mass is 32.1. The van der Waals surface area contributed by atoms with Gasteiger partial charge >= 0.3 is 6.03 Å². The number of nitrogens with zero attached hydrogens (tertiary/aromatic N) is 1. The summed E-state index contributed by atoms with van der Waals surface area (Å²) < 4.78 is 0. The van der Waals surface area contributed by atoms with Crippen LogP contribution in [0.5, 0.6) is 0 Å². The van der Waals surface area contributed by atoms with Gasteiger partial charge in [0.2, 0.25) is 0 Å². The minimum atomic E-state index is -0.292. The Labute approximate surface area is 127 Å². The Kier molecular flexibility index (Phi) is 5.05. The Balaban J connectivity index is 1.87. The van der Waals surface area contributed by atoms with Gasteiger partial charge in [0.05, 0.1) is 5.01 Å². The van der Waals surface area contributed by atoms with Crippen LogP contribution in [0, 0.1) is 0 Å². The minimum Gasteiger partial charge on any atom is -0.337 e. The van der Waals surface area contributed by atoms with Crippen LogP contribution in [0.1, 0.15) is 35.1 Å².